The summed E-state index contributed by atoms with van der Waals surface area (Å²) in [6.45, 7) is 0. The van der Waals surface area contributed by atoms with E-state index in [0.717, 1.165) is 57.0 Å². The molecule has 0 bridgehead atoms. The van der Waals surface area contributed by atoms with Crippen LogP contribution in [0.4, 0.5) is 5.69 Å². The molecule has 0 saturated carbocycles. The second kappa shape index (κ2) is 13.6. The molecule has 8 rings (SSSR count). The van der Waals surface area contributed by atoms with Gasteiger partial charge in [-0.2, -0.15) is 9.67 Å². The molecule has 0 amide bonds. The van der Waals surface area contributed by atoms with Crippen molar-refractivity contribution in [2.24, 2.45) is 5.10 Å². The lowest BCUT2D eigenvalue weighted by Crippen LogP contribution is -2.36. The van der Waals surface area contributed by atoms with Crippen molar-refractivity contribution < 1.29 is 19.6 Å². The van der Waals surface area contributed by atoms with Gasteiger partial charge in [0.15, 0.2) is 0 Å². The summed E-state index contributed by atoms with van der Waals surface area (Å²) in [5.41, 5.74) is 10.7. The third kappa shape index (κ3) is 6.27. The Morgan fingerprint density at radius 2 is 1.12 bits per heavy atom. The van der Waals surface area contributed by atoms with E-state index >= 15 is 0 Å². The Bertz CT molecular complexity index is 2300. The first-order valence-electron chi connectivity index (χ1n) is 16.9. The number of carbonyl (C=O) groups is 1. The van der Waals surface area contributed by atoms with Gasteiger partial charge in [-0.1, -0.05) is 109 Å². The third-order valence-electron chi connectivity index (χ3n) is 9.34. The molecule has 1 aromatic heterocycles. The Morgan fingerprint density at radius 1 is 0.588 bits per heavy atom. The third-order valence-corrected chi connectivity index (χ3v) is 9.34. The maximum atomic E-state index is 11.8. The SMILES string of the molecule is O=C(O)c1ccc(-[n+]2c(-c3ccccc3)cc(-c3ccc(N4N=C(c5ccccc5)CC4c4ccccc4)cc3)cc2-c2ccccc2)cc1O. The van der Waals surface area contributed by atoms with Crippen LogP contribution in [0.3, 0.4) is 0 Å². The fourth-order valence-electron chi connectivity index (χ4n) is 6.82. The number of carboxylic acid groups (broad SMARTS) is 1. The van der Waals surface area contributed by atoms with Crippen molar-refractivity contribution in [3.63, 3.8) is 0 Å². The highest BCUT2D eigenvalue weighted by Gasteiger charge is 2.30. The molecular weight excluding hydrogens is 631 g/mol. The first kappa shape index (κ1) is 31.5. The van der Waals surface area contributed by atoms with E-state index in [1.165, 1.54) is 17.7 Å². The minimum absolute atomic E-state index is 0.0706. The van der Waals surface area contributed by atoms with Crippen molar-refractivity contribution >= 4 is 17.4 Å². The highest BCUT2D eigenvalue weighted by molar-refractivity contribution is 6.03. The summed E-state index contributed by atoms with van der Waals surface area (Å²) in [5.74, 6) is -1.47. The van der Waals surface area contributed by atoms with Crippen LogP contribution < -0.4 is 9.58 Å². The molecule has 1 unspecified atom stereocenters. The summed E-state index contributed by atoms with van der Waals surface area (Å²) in [6.07, 6.45) is 0.804. The summed E-state index contributed by atoms with van der Waals surface area (Å²) in [7, 11) is 0. The van der Waals surface area contributed by atoms with Gasteiger partial charge in [-0.05, 0) is 64.7 Å². The van der Waals surface area contributed by atoms with Crippen molar-refractivity contribution in [1.29, 1.82) is 0 Å². The predicted molar refractivity (Wildman–Crippen MR) is 202 cm³/mol. The molecular formula is C45H34N3O3+. The summed E-state index contributed by atoms with van der Waals surface area (Å²) in [5, 5.41) is 27.7. The molecule has 6 nitrogen and oxygen atoms in total. The number of nitrogens with zero attached hydrogens (tertiary/aromatic N) is 3. The number of benzene rings is 6. The van der Waals surface area contributed by atoms with Crippen molar-refractivity contribution in [1.82, 2.24) is 0 Å². The number of hydrogen-bond donors (Lipinski definition) is 2. The fraction of sp³-hybridized carbons (Fsp3) is 0.0444. The predicted octanol–water partition coefficient (Wildman–Crippen LogP) is 9.72. The van der Waals surface area contributed by atoms with Crippen molar-refractivity contribution in [3.05, 3.63) is 193 Å². The monoisotopic (exact) mass is 664 g/mol. The number of hydrazone groups is 1. The Morgan fingerprint density at radius 3 is 1.65 bits per heavy atom. The minimum Gasteiger partial charge on any atom is -0.507 e. The molecule has 0 radical (unpaired) electrons. The quantitative estimate of drug-likeness (QED) is 0.159. The lowest BCUT2D eigenvalue weighted by Gasteiger charge is -2.24. The van der Waals surface area contributed by atoms with E-state index in [1.54, 1.807) is 6.07 Å². The number of aromatic hydroxyl groups is 1. The Hall–Kier alpha value is -6.79. The molecule has 0 spiro atoms. The van der Waals surface area contributed by atoms with E-state index in [4.69, 9.17) is 5.10 Å². The first-order valence-corrected chi connectivity index (χ1v) is 16.9. The number of aromatic nitrogens is 1. The molecule has 1 aliphatic heterocycles. The van der Waals surface area contributed by atoms with Gasteiger partial charge in [0.25, 0.3) is 0 Å². The highest BCUT2D eigenvalue weighted by Crippen LogP contribution is 2.38. The smallest absolute Gasteiger partial charge is 0.339 e. The lowest BCUT2D eigenvalue weighted by atomic mass is 9.97. The van der Waals surface area contributed by atoms with Crippen LogP contribution >= 0.6 is 0 Å². The van der Waals surface area contributed by atoms with Crippen LogP contribution in [-0.2, 0) is 0 Å². The molecule has 51 heavy (non-hydrogen) atoms. The largest absolute Gasteiger partial charge is 0.507 e. The molecule has 7 aromatic rings. The lowest BCUT2D eigenvalue weighted by molar-refractivity contribution is -0.572. The molecule has 0 fully saturated rings. The molecule has 246 valence electrons. The van der Waals surface area contributed by atoms with Crippen LogP contribution in [0.25, 0.3) is 39.3 Å². The summed E-state index contributed by atoms with van der Waals surface area (Å²) in [4.78, 5) is 11.8. The first-order chi connectivity index (χ1) is 25.0. The molecule has 6 aromatic carbocycles. The number of pyridine rings is 1. The van der Waals surface area contributed by atoms with E-state index < -0.39 is 5.97 Å². The van der Waals surface area contributed by atoms with Crippen LogP contribution in [0.1, 0.15) is 33.9 Å². The van der Waals surface area contributed by atoms with Crippen molar-refractivity contribution in [2.45, 2.75) is 12.5 Å². The molecule has 1 aliphatic rings. The molecule has 2 heterocycles. The Balaban J connectivity index is 1.26. The van der Waals surface area contributed by atoms with Crippen molar-refractivity contribution in [2.75, 3.05) is 5.01 Å². The van der Waals surface area contributed by atoms with Gasteiger partial charge in [-0.25, -0.2) is 4.79 Å². The zero-order valence-corrected chi connectivity index (χ0v) is 27.7. The van der Waals surface area contributed by atoms with E-state index in [2.05, 4.69) is 119 Å². The Labute approximate surface area is 296 Å². The van der Waals surface area contributed by atoms with E-state index in [0.29, 0.717) is 5.69 Å². The van der Waals surface area contributed by atoms with Gasteiger partial charge in [0.05, 0.1) is 23.5 Å². The summed E-state index contributed by atoms with van der Waals surface area (Å²) < 4.78 is 2.07. The van der Waals surface area contributed by atoms with Crippen LogP contribution in [-0.4, -0.2) is 21.9 Å². The number of hydrogen-bond acceptors (Lipinski definition) is 4. The van der Waals surface area contributed by atoms with Crippen LogP contribution in [0, 0.1) is 0 Å². The molecule has 6 heteroatoms. The maximum Gasteiger partial charge on any atom is 0.339 e. The van der Waals surface area contributed by atoms with Gasteiger partial charge in [0, 0.05) is 35.7 Å². The molecule has 1 atom stereocenters. The van der Waals surface area contributed by atoms with Gasteiger partial charge in [0.1, 0.15) is 11.3 Å². The van der Waals surface area contributed by atoms with Crippen molar-refractivity contribution in [3.8, 4) is 45.1 Å². The fourth-order valence-corrected chi connectivity index (χ4v) is 6.82. The minimum atomic E-state index is -1.18. The molecule has 0 saturated heterocycles. The van der Waals surface area contributed by atoms with E-state index in [9.17, 15) is 15.0 Å². The highest BCUT2D eigenvalue weighted by atomic mass is 16.4. The zero-order valence-electron chi connectivity index (χ0n) is 27.7. The van der Waals surface area contributed by atoms with E-state index in [1.807, 2.05) is 48.5 Å². The summed E-state index contributed by atoms with van der Waals surface area (Å²) >= 11 is 0. The van der Waals surface area contributed by atoms with Gasteiger partial charge < -0.3 is 10.2 Å². The van der Waals surface area contributed by atoms with Gasteiger partial charge >= 0.3 is 5.97 Å². The van der Waals surface area contributed by atoms with Gasteiger partial charge in [0.2, 0.25) is 17.1 Å². The van der Waals surface area contributed by atoms with Crippen LogP contribution in [0.15, 0.2) is 181 Å². The number of carboxylic acids is 1. The second-order valence-corrected chi connectivity index (χ2v) is 12.5. The van der Waals surface area contributed by atoms with Crippen LogP contribution in [0.5, 0.6) is 5.75 Å². The summed E-state index contributed by atoms with van der Waals surface area (Å²) in [6, 6.07) is 58.7. The van der Waals surface area contributed by atoms with Gasteiger partial charge in [-0.15, -0.1) is 0 Å². The molecule has 2 N–H and O–H groups in total. The number of rotatable bonds is 8. The van der Waals surface area contributed by atoms with E-state index in [-0.39, 0.29) is 17.4 Å². The maximum absolute atomic E-state index is 11.8. The zero-order chi connectivity index (χ0) is 34.7. The Kier molecular flexibility index (Phi) is 8.40. The normalized spacial score (nSPS) is 13.9. The average molecular weight is 665 g/mol. The number of anilines is 1. The molecule has 0 aliphatic carbocycles. The van der Waals surface area contributed by atoms with Crippen LogP contribution in [0.2, 0.25) is 0 Å². The topological polar surface area (TPSA) is 77.0 Å². The number of phenols is 1. The average Bonchev–Trinajstić information content (AvgIpc) is 3.64. The second-order valence-electron chi connectivity index (χ2n) is 12.5. The number of aromatic carboxylic acids is 1. The standard InChI is InChI=1S/C45H33N3O3/c49-44-29-38(25-26-39(44)45(50)51)47-41(33-15-7-2-8-16-33)27-36(28-42(47)34-17-9-3-10-18-34)31-21-23-37(24-22-31)48-43(35-19-11-4-12-20-35)30-40(46-48)32-13-5-1-6-14-32/h1-29,43H,30H2,(H-,49,50,51)/p+1. The van der Waals surface area contributed by atoms with Gasteiger partial charge in [-0.3, -0.25) is 5.01 Å².